The number of rotatable bonds is 4. The van der Waals surface area contributed by atoms with E-state index in [0.29, 0.717) is 6.04 Å². The Morgan fingerprint density at radius 2 is 1.57 bits per heavy atom. The monoisotopic (exact) mass is 346 g/mol. The fourth-order valence-electron chi connectivity index (χ4n) is 1.08. The topological polar surface area (TPSA) is 58.6 Å². The number of hydrogen-bond acceptors (Lipinski definition) is 4. The van der Waals surface area contributed by atoms with Gasteiger partial charge in [0.2, 0.25) is 5.91 Å². The summed E-state index contributed by atoms with van der Waals surface area (Å²) in [5, 5.41) is 0. The molecule has 1 aromatic rings. The van der Waals surface area contributed by atoms with Crippen LogP contribution in [0.2, 0.25) is 0 Å². The van der Waals surface area contributed by atoms with Gasteiger partial charge in [-0.2, -0.15) is 4.28 Å². The van der Waals surface area contributed by atoms with E-state index in [2.05, 4.69) is 54.3 Å². The van der Waals surface area contributed by atoms with Crippen molar-refractivity contribution >= 4 is 22.7 Å². The van der Waals surface area contributed by atoms with Crippen molar-refractivity contribution in [2.45, 2.75) is 54.5 Å². The minimum atomic E-state index is -1.42. The Bertz CT molecular complexity index is 384. The minimum absolute atomic E-state index is 0.361. The summed E-state index contributed by atoms with van der Waals surface area (Å²) in [6.45, 7) is 13.6. The molecule has 0 saturated heterocycles. The summed E-state index contributed by atoms with van der Waals surface area (Å²) in [4.78, 5) is 12.2. The van der Waals surface area contributed by atoms with Gasteiger partial charge < -0.3 is 4.90 Å². The van der Waals surface area contributed by atoms with Crippen LogP contribution in [0.3, 0.4) is 0 Å². The molecule has 1 atom stereocenters. The number of anilines is 1. The maximum Gasteiger partial charge on any atom is 0.241 e. The van der Waals surface area contributed by atoms with Crippen LogP contribution in [0, 0.1) is 0 Å². The van der Waals surface area contributed by atoms with Gasteiger partial charge in [0.25, 0.3) is 0 Å². The molecule has 5 nitrogen and oxygen atoms in total. The molecule has 0 fully saturated rings. The Morgan fingerprint density at radius 3 is 1.83 bits per heavy atom. The average Bonchev–Trinajstić information content (AvgIpc) is 2.57. The first-order valence-electron chi connectivity index (χ1n) is 7.89. The molecule has 0 aliphatic heterocycles. The average molecular weight is 347 g/mol. The van der Waals surface area contributed by atoms with Crippen LogP contribution in [0.5, 0.6) is 0 Å². The van der Waals surface area contributed by atoms with Crippen LogP contribution in [0.15, 0.2) is 30.3 Å². The summed E-state index contributed by atoms with van der Waals surface area (Å²) < 4.78 is 14.2. The van der Waals surface area contributed by atoms with Gasteiger partial charge in [-0.25, -0.2) is 9.69 Å². The number of nitrogens with one attached hydrogen (secondary N) is 1. The third-order valence-corrected chi connectivity index (χ3v) is 2.56. The summed E-state index contributed by atoms with van der Waals surface area (Å²) >= 11 is -1.42. The van der Waals surface area contributed by atoms with Crippen molar-refractivity contribution in [3.05, 3.63) is 30.3 Å². The molecule has 6 heteroatoms. The zero-order valence-electron chi connectivity index (χ0n) is 16.0. The van der Waals surface area contributed by atoms with Gasteiger partial charge in [-0.15, -0.1) is 0 Å². The van der Waals surface area contributed by atoms with E-state index >= 15 is 0 Å². The molecule has 0 heterocycles. The Kier molecular flexibility index (Phi) is 21.5. The van der Waals surface area contributed by atoms with Crippen molar-refractivity contribution in [3.63, 3.8) is 0 Å². The molecule has 136 valence electrons. The lowest BCUT2D eigenvalue weighted by Gasteiger charge is -2.23. The fraction of sp³-hybridized carbons (Fsp3) is 0.588. The SMILES string of the molecule is CC.CC.CC(=O)NOS(C)=O.CC(C)N(C)c1ccccc1. The molecule has 0 aromatic heterocycles. The Labute approximate surface area is 145 Å². The predicted molar refractivity (Wildman–Crippen MR) is 102 cm³/mol. The molecule has 0 aliphatic rings. The second kappa shape index (κ2) is 18.6. The summed E-state index contributed by atoms with van der Waals surface area (Å²) in [5.41, 5.74) is 3.19. The second-order valence-corrected chi connectivity index (χ2v) is 5.15. The van der Waals surface area contributed by atoms with Crippen molar-refractivity contribution in [1.29, 1.82) is 0 Å². The number of amides is 1. The maximum atomic E-state index is 10.0. The Hall–Kier alpha value is -1.40. The Balaban J connectivity index is -0.000000296. The number of para-hydroxylation sites is 1. The van der Waals surface area contributed by atoms with Crippen molar-refractivity contribution in [2.24, 2.45) is 0 Å². The number of hydroxylamine groups is 1. The molecule has 1 rings (SSSR count). The molecule has 1 amide bonds. The zero-order valence-corrected chi connectivity index (χ0v) is 16.9. The number of hydrogen-bond donors (Lipinski definition) is 1. The molecule has 23 heavy (non-hydrogen) atoms. The first kappa shape index (κ1) is 26.5. The van der Waals surface area contributed by atoms with Crippen molar-refractivity contribution in [1.82, 2.24) is 5.48 Å². The predicted octanol–water partition coefficient (Wildman–Crippen LogP) is 3.93. The lowest BCUT2D eigenvalue weighted by Crippen LogP contribution is -2.25. The summed E-state index contributed by atoms with van der Waals surface area (Å²) in [6, 6.07) is 11.0. The van der Waals surface area contributed by atoms with Gasteiger partial charge in [-0.1, -0.05) is 45.9 Å². The van der Waals surface area contributed by atoms with Crippen LogP contribution in [0.25, 0.3) is 0 Å². The minimum Gasteiger partial charge on any atom is -0.372 e. The van der Waals surface area contributed by atoms with Crippen LogP contribution in [-0.4, -0.2) is 29.5 Å². The number of carbonyl (C=O) groups excluding carboxylic acids is 1. The van der Waals surface area contributed by atoms with Gasteiger partial charge in [0.05, 0.1) is 0 Å². The van der Waals surface area contributed by atoms with Crippen molar-refractivity contribution in [3.8, 4) is 0 Å². The first-order chi connectivity index (χ1) is 10.8. The van der Waals surface area contributed by atoms with Crippen LogP contribution in [0.4, 0.5) is 5.69 Å². The third-order valence-electron chi connectivity index (χ3n) is 2.24. The lowest BCUT2D eigenvalue weighted by molar-refractivity contribution is -0.124. The van der Waals surface area contributed by atoms with Gasteiger partial charge in [0.1, 0.15) is 0 Å². The fourth-order valence-corrected chi connectivity index (χ4v) is 1.31. The molecule has 1 unspecified atom stereocenters. The maximum absolute atomic E-state index is 10.0. The number of nitrogens with zero attached hydrogens (tertiary/aromatic N) is 1. The van der Waals surface area contributed by atoms with E-state index in [1.807, 2.05) is 39.2 Å². The summed E-state index contributed by atoms with van der Waals surface area (Å²) in [6.07, 6.45) is 1.32. The highest BCUT2D eigenvalue weighted by Gasteiger charge is 2.01. The highest BCUT2D eigenvalue weighted by Crippen LogP contribution is 2.12. The molecule has 0 radical (unpaired) electrons. The zero-order chi connectivity index (χ0) is 18.8. The number of benzene rings is 1. The molecule has 0 saturated carbocycles. The van der Waals surface area contributed by atoms with E-state index in [1.54, 1.807) is 0 Å². The molecular weight excluding hydrogens is 312 g/mol. The third kappa shape index (κ3) is 18.6. The molecule has 0 bridgehead atoms. The van der Waals surface area contributed by atoms with E-state index in [-0.39, 0.29) is 5.91 Å². The van der Waals surface area contributed by atoms with Gasteiger partial charge >= 0.3 is 0 Å². The highest BCUT2D eigenvalue weighted by atomic mass is 32.2. The van der Waals surface area contributed by atoms with Gasteiger partial charge in [-0.3, -0.25) is 4.79 Å². The first-order valence-corrected chi connectivity index (χ1v) is 9.38. The van der Waals surface area contributed by atoms with Crippen molar-refractivity contribution < 1.29 is 13.3 Å². The Morgan fingerprint density at radius 1 is 1.13 bits per heavy atom. The molecular formula is C17H34N2O3S. The van der Waals surface area contributed by atoms with E-state index in [0.717, 1.165) is 0 Å². The normalized spacial score (nSPS) is 9.83. The van der Waals surface area contributed by atoms with Crippen LogP contribution < -0.4 is 10.4 Å². The second-order valence-electron chi connectivity index (χ2n) is 4.18. The van der Waals surface area contributed by atoms with Crippen molar-refractivity contribution in [2.75, 3.05) is 18.2 Å². The van der Waals surface area contributed by atoms with Crippen LogP contribution >= 0.6 is 0 Å². The molecule has 0 spiro atoms. The van der Waals surface area contributed by atoms with E-state index < -0.39 is 11.1 Å². The smallest absolute Gasteiger partial charge is 0.241 e. The van der Waals surface area contributed by atoms with Crippen LogP contribution in [-0.2, 0) is 20.2 Å². The van der Waals surface area contributed by atoms with Gasteiger partial charge in [0, 0.05) is 32.0 Å². The largest absolute Gasteiger partial charge is 0.372 e. The quantitative estimate of drug-likeness (QED) is 0.839. The van der Waals surface area contributed by atoms with Crippen LogP contribution in [0.1, 0.15) is 48.5 Å². The van der Waals surface area contributed by atoms with Gasteiger partial charge in [-0.05, 0) is 26.0 Å². The number of carbonyl (C=O) groups is 1. The van der Waals surface area contributed by atoms with E-state index in [1.165, 1.54) is 18.9 Å². The molecule has 1 N–H and O–H groups in total. The highest BCUT2D eigenvalue weighted by molar-refractivity contribution is 7.79. The summed E-state index contributed by atoms with van der Waals surface area (Å²) in [5.74, 6) is -0.361. The molecule has 0 aliphatic carbocycles. The lowest BCUT2D eigenvalue weighted by atomic mass is 10.2. The van der Waals surface area contributed by atoms with E-state index in [4.69, 9.17) is 0 Å². The molecule has 1 aromatic carbocycles. The van der Waals surface area contributed by atoms with E-state index in [9.17, 15) is 9.00 Å². The van der Waals surface area contributed by atoms with Gasteiger partial charge in [0.15, 0.2) is 11.1 Å². The standard InChI is InChI=1S/C10H15N.C3H7NO3S.2C2H6/c1-9(2)11(3)10-7-5-4-6-8-10;1-3(5)4-7-8(2)6;2*1-2/h4-9H,1-3H3;1-2H3,(H,4,5);2*1-2H3. The summed E-state index contributed by atoms with van der Waals surface area (Å²) in [7, 11) is 2.11.